The summed E-state index contributed by atoms with van der Waals surface area (Å²) in [6.07, 6.45) is -0.153. The average Bonchev–Trinajstić information content (AvgIpc) is 3.08. The first-order chi connectivity index (χ1) is 15.6. The molecule has 1 fully saturated rings. The summed E-state index contributed by atoms with van der Waals surface area (Å²) in [4.78, 5) is 53.9. The maximum atomic E-state index is 13.3. The first-order valence-corrected chi connectivity index (χ1v) is 10.9. The van der Waals surface area contributed by atoms with Crippen molar-refractivity contribution in [3.8, 4) is 0 Å². The molecule has 2 aromatic rings. The van der Waals surface area contributed by atoms with Gasteiger partial charge in [0.2, 0.25) is 5.91 Å². The van der Waals surface area contributed by atoms with Gasteiger partial charge in [0.1, 0.15) is 11.6 Å². The highest BCUT2D eigenvalue weighted by molar-refractivity contribution is 6.06. The molecule has 172 valence electrons. The van der Waals surface area contributed by atoms with Crippen LogP contribution in [-0.4, -0.2) is 45.3 Å². The van der Waals surface area contributed by atoms with E-state index in [0.29, 0.717) is 16.8 Å². The van der Waals surface area contributed by atoms with Crippen molar-refractivity contribution in [2.45, 2.75) is 58.3 Å². The molecule has 0 saturated carbocycles. The number of hydrogen-bond donors (Lipinski definition) is 1. The molecule has 33 heavy (non-hydrogen) atoms. The predicted molar refractivity (Wildman–Crippen MR) is 121 cm³/mol. The zero-order valence-corrected chi connectivity index (χ0v) is 19.0. The monoisotopic (exact) mass is 449 g/mol. The van der Waals surface area contributed by atoms with Gasteiger partial charge in [0.15, 0.2) is 0 Å². The molecular weight excluding hydrogens is 422 g/mol. The highest BCUT2D eigenvalue weighted by Crippen LogP contribution is 2.33. The molecule has 0 aliphatic carbocycles. The van der Waals surface area contributed by atoms with Gasteiger partial charge in [0.05, 0.1) is 6.54 Å². The van der Waals surface area contributed by atoms with Crippen LogP contribution < -0.4 is 5.32 Å². The summed E-state index contributed by atoms with van der Waals surface area (Å²) < 4.78 is 5.32. The number of likely N-dealkylation sites (tertiary alicyclic amines) is 1. The van der Waals surface area contributed by atoms with Gasteiger partial charge in [-0.3, -0.25) is 24.6 Å². The van der Waals surface area contributed by atoms with E-state index in [9.17, 15) is 19.2 Å². The summed E-state index contributed by atoms with van der Waals surface area (Å²) in [5.74, 6) is -0.903. The summed E-state index contributed by atoms with van der Waals surface area (Å²) in [7, 11) is 0. The lowest BCUT2D eigenvalue weighted by Gasteiger charge is -2.35. The quantitative estimate of drug-likeness (QED) is 0.718. The van der Waals surface area contributed by atoms with Crippen molar-refractivity contribution in [2.24, 2.45) is 0 Å². The predicted octanol–water partition coefficient (Wildman–Crippen LogP) is 3.71. The number of carbonyl (C=O) groups is 4. The number of rotatable bonds is 4. The Labute approximate surface area is 192 Å². The Bertz CT molecular complexity index is 1110. The van der Waals surface area contributed by atoms with E-state index in [4.69, 9.17) is 4.74 Å². The molecule has 0 spiro atoms. The SMILES string of the molecule is CC(C)(C)OC(=O)Nc1cccc2c1CN(C1CCC(=O)N(Cc3ccccc3)C1=O)C2=O. The number of amides is 4. The molecule has 1 atom stereocenters. The minimum Gasteiger partial charge on any atom is -0.444 e. The molecule has 1 N–H and O–H groups in total. The van der Waals surface area contributed by atoms with Gasteiger partial charge in [0, 0.05) is 29.8 Å². The fourth-order valence-electron chi connectivity index (χ4n) is 4.18. The molecule has 4 amide bonds. The Kier molecular flexibility index (Phi) is 5.93. The minimum absolute atomic E-state index is 0.171. The second kappa shape index (κ2) is 8.69. The smallest absolute Gasteiger partial charge is 0.412 e. The van der Waals surface area contributed by atoms with Crippen LogP contribution in [0.15, 0.2) is 48.5 Å². The third kappa shape index (κ3) is 4.74. The van der Waals surface area contributed by atoms with Crippen molar-refractivity contribution in [1.82, 2.24) is 9.80 Å². The van der Waals surface area contributed by atoms with Crippen LogP contribution in [0.3, 0.4) is 0 Å². The third-order valence-corrected chi connectivity index (χ3v) is 5.67. The molecule has 0 radical (unpaired) electrons. The number of anilines is 1. The van der Waals surface area contributed by atoms with Crippen LogP contribution >= 0.6 is 0 Å². The Morgan fingerprint density at radius 2 is 1.79 bits per heavy atom. The van der Waals surface area contributed by atoms with Crippen LogP contribution in [0.5, 0.6) is 0 Å². The maximum Gasteiger partial charge on any atom is 0.412 e. The lowest BCUT2D eigenvalue weighted by atomic mass is 10.0. The van der Waals surface area contributed by atoms with Crippen LogP contribution in [-0.2, 0) is 27.4 Å². The van der Waals surface area contributed by atoms with E-state index in [1.165, 1.54) is 9.80 Å². The summed E-state index contributed by atoms with van der Waals surface area (Å²) >= 11 is 0. The molecule has 1 unspecified atom stereocenters. The first-order valence-electron chi connectivity index (χ1n) is 10.9. The van der Waals surface area contributed by atoms with E-state index in [2.05, 4.69) is 5.32 Å². The summed E-state index contributed by atoms with van der Waals surface area (Å²) in [6, 6.07) is 13.6. The molecule has 0 aromatic heterocycles. The van der Waals surface area contributed by atoms with Crippen LogP contribution in [0.25, 0.3) is 0 Å². The Balaban J connectivity index is 1.53. The molecule has 2 aromatic carbocycles. The van der Waals surface area contributed by atoms with Crippen molar-refractivity contribution in [3.05, 3.63) is 65.2 Å². The molecule has 2 aliphatic heterocycles. The van der Waals surface area contributed by atoms with Crippen molar-refractivity contribution in [2.75, 3.05) is 5.32 Å². The van der Waals surface area contributed by atoms with Gasteiger partial charge >= 0.3 is 6.09 Å². The minimum atomic E-state index is -0.735. The number of carbonyl (C=O) groups excluding carboxylic acids is 4. The van der Waals surface area contributed by atoms with E-state index in [1.807, 2.05) is 30.3 Å². The fraction of sp³-hybridized carbons (Fsp3) is 0.360. The van der Waals surface area contributed by atoms with Gasteiger partial charge in [0.25, 0.3) is 11.8 Å². The van der Waals surface area contributed by atoms with Crippen molar-refractivity contribution < 1.29 is 23.9 Å². The second-order valence-corrected chi connectivity index (χ2v) is 9.25. The lowest BCUT2D eigenvalue weighted by molar-refractivity contribution is -0.153. The zero-order valence-electron chi connectivity index (χ0n) is 19.0. The zero-order chi connectivity index (χ0) is 23.8. The van der Waals surface area contributed by atoms with E-state index < -0.39 is 17.7 Å². The molecule has 2 aliphatic rings. The number of hydrogen-bond acceptors (Lipinski definition) is 5. The van der Waals surface area contributed by atoms with Crippen LogP contribution in [0.1, 0.15) is 55.1 Å². The second-order valence-electron chi connectivity index (χ2n) is 9.25. The van der Waals surface area contributed by atoms with Gasteiger partial charge in [-0.2, -0.15) is 0 Å². The molecule has 1 saturated heterocycles. The normalized spacial score (nSPS) is 18.4. The molecule has 8 nitrogen and oxygen atoms in total. The first kappa shape index (κ1) is 22.5. The maximum absolute atomic E-state index is 13.3. The Morgan fingerprint density at radius 1 is 1.06 bits per heavy atom. The molecule has 4 rings (SSSR count). The molecular formula is C25H27N3O5. The van der Waals surface area contributed by atoms with Gasteiger partial charge in [-0.25, -0.2) is 4.79 Å². The number of imide groups is 1. The van der Waals surface area contributed by atoms with Crippen LogP contribution in [0.4, 0.5) is 10.5 Å². The number of ether oxygens (including phenoxy) is 1. The van der Waals surface area contributed by atoms with E-state index >= 15 is 0 Å². The van der Waals surface area contributed by atoms with Gasteiger partial charge in [-0.1, -0.05) is 36.4 Å². The Hall–Kier alpha value is -3.68. The largest absolute Gasteiger partial charge is 0.444 e. The highest BCUT2D eigenvalue weighted by Gasteiger charge is 2.43. The third-order valence-electron chi connectivity index (χ3n) is 5.67. The Morgan fingerprint density at radius 3 is 2.48 bits per heavy atom. The number of benzene rings is 2. The van der Waals surface area contributed by atoms with Crippen molar-refractivity contribution in [1.29, 1.82) is 0 Å². The summed E-state index contributed by atoms with van der Waals surface area (Å²) in [6.45, 7) is 5.65. The summed E-state index contributed by atoms with van der Waals surface area (Å²) in [5.41, 5.74) is 1.72. The summed E-state index contributed by atoms with van der Waals surface area (Å²) in [5, 5.41) is 2.71. The molecule has 0 bridgehead atoms. The average molecular weight is 450 g/mol. The number of nitrogens with one attached hydrogen (secondary N) is 1. The van der Waals surface area contributed by atoms with E-state index in [-0.39, 0.29) is 43.7 Å². The topological polar surface area (TPSA) is 96.0 Å². The van der Waals surface area contributed by atoms with Gasteiger partial charge in [-0.05, 0) is 44.9 Å². The van der Waals surface area contributed by atoms with Crippen molar-refractivity contribution >= 4 is 29.5 Å². The fourth-order valence-corrected chi connectivity index (χ4v) is 4.18. The van der Waals surface area contributed by atoms with Crippen molar-refractivity contribution in [3.63, 3.8) is 0 Å². The number of nitrogens with zero attached hydrogens (tertiary/aromatic N) is 2. The van der Waals surface area contributed by atoms with E-state index in [0.717, 1.165) is 5.56 Å². The van der Waals surface area contributed by atoms with E-state index in [1.54, 1.807) is 39.0 Å². The molecule has 8 heteroatoms. The van der Waals surface area contributed by atoms with Crippen LogP contribution in [0.2, 0.25) is 0 Å². The molecule has 2 heterocycles. The van der Waals surface area contributed by atoms with Crippen LogP contribution in [0, 0.1) is 0 Å². The highest BCUT2D eigenvalue weighted by atomic mass is 16.6. The number of fused-ring (bicyclic) bond motifs is 1. The number of piperidine rings is 1. The lowest BCUT2D eigenvalue weighted by Crippen LogP contribution is -2.54. The van der Waals surface area contributed by atoms with Gasteiger partial charge in [-0.15, -0.1) is 0 Å². The van der Waals surface area contributed by atoms with Gasteiger partial charge < -0.3 is 9.64 Å². The standard InChI is InChI=1S/C25H27N3O5/c1-25(2,3)33-24(32)26-19-11-7-10-17-18(19)15-27(22(17)30)20-12-13-21(29)28(23(20)31)14-16-8-5-4-6-9-16/h4-11,20H,12-15H2,1-3H3,(H,26,32).